The summed E-state index contributed by atoms with van der Waals surface area (Å²) in [7, 11) is 1.70. The molecule has 0 saturated heterocycles. The minimum atomic E-state index is -0.0331. The molecular weight excluding hydrogens is 224 g/mol. The maximum Gasteiger partial charge on any atom is 0.125 e. The summed E-state index contributed by atoms with van der Waals surface area (Å²) in [6, 6.07) is 6.57. The van der Waals surface area contributed by atoms with E-state index in [0.717, 1.165) is 24.3 Å². The average molecular weight is 250 g/mol. The summed E-state index contributed by atoms with van der Waals surface area (Å²) in [6.07, 6.45) is 1.12. The topological polar surface area (TPSA) is 38.5 Å². The molecule has 3 heteroatoms. The van der Waals surface area contributed by atoms with Gasteiger partial charge < -0.3 is 15.4 Å². The summed E-state index contributed by atoms with van der Waals surface area (Å²) in [5, 5.41) is 0. The maximum atomic E-state index is 6.12. The number of rotatable bonds is 6. The van der Waals surface area contributed by atoms with Crippen LogP contribution in [-0.4, -0.2) is 19.7 Å². The molecule has 0 amide bonds. The SMILES string of the molecule is CCCN(c1cccc(OC)c1[C@H](C)N)C(C)C. The summed E-state index contributed by atoms with van der Waals surface area (Å²) < 4.78 is 5.45. The molecule has 1 aromatic carbocycles. The van der Waals surface area contributed by atoms with E-state index >= 15 is 0 Å². The van der Waals surface area contributed by atoms with Crippen molar-refractivity contribution in [2.45, 2.75) is 46.2 Å². The highest BCUT2D eigenvalue weighted by molar-refractivity contribution is 5.61. The summed E-state index contributed by atoms with van der Waals surface area (Å²) in [5.41, 5.74) is 8.41. The molecule has 1 rings (SSSR count). The van der Waals surface area contributed by atoms with Gasteiger partial charge in [-0.3, -0.25) is 0 Å². The molecule has 0 unspecified atom stereocenters. The van der Waals surface area contributed by atoms with Crippen LogP contribution in [0, 0.1) is 0 Å². The lowest BCUT2D eigenvalue weighted by Gasteiger charge is -2.32. The van der Waals surface area contributed by atoms with Crippen LogP contribution in [0.1, 0.15) is 45.7 Å². The molecule has 0 fully saturated rings. The van der Waals surface area contributed by atoms with Crippen LogP contribution in [0.25, 0.3) is 0 Å². The Morgan fingerprint density at radius 1 is 1.28 bits per heavy atom. The van der Waals surface area contributed by atoms with Crippen LogP contribution in [0.5, 0.6) is 5.75 Å². The Hall–Kier alpha value is -1.22. The Labute approximate surface area is 111 Å². The minimum absolute atomic E-state index is 0.0331. The monoisotopic (exact) mass is 250 g/mol. The van der Waals surface area contributed by atoms with Crippen LogP contribution in [0.2, 0.25) is 0 Å². The van der Waals surface area contributed by atoms with E-state index in [2.05, 4.69) is 31.7 Å². The number of hydrogen-bond donors (Lipinski definition) is 1. The fourth-order valence-electron chi connectivity index (χ4n) is 2.32. The van der Waals surface area contributed by atoms with Gasteiger partial charge in [0.1, 0.15) is 5.75 Å². The molecular formula is C15H26N2O. The van der Waals surface area contributed by atoms with Crippen molar-refractivity contribution in [1.29, 1.82) is 0 Å². The summed E-state index contributed by atoms with van der Waals surface area (Å²) in [5.74, 6) is 0.879. The molecule has 3 nitrogen and oxygen atoms in total. The van der Waals surface area contributed by atoms with Crippen LogP contribution in [0.3, 0.4) is 0 Å². The van der Waals surface area contributed by atoms with E-state index in [1.807, 2.05) is 19.1 Å². The molecule has 1 atom stereocenters. The van der Waals surface area contributed by atoms with E-state index in [1.165, 1.54) is 5.69 Å². The highest BCUT2D eigenvalue weighted by Crippen LogP contribution is 2.34. The van der Waals surface area contributed by atoms with E-state index in [4.69, 9.17) is 10.5 Å². The van der Waals surface area contributed by atoms with E-state index in [9.17, 15) is 0 Å². The zero-order valence-corrected chi connectivity index (χ0v) is 12.2. The number of nitrogens with zero attached hydrogens (tertiary/aromatic N) is 1. The van der Waals surface area contributed by atoms with E-state index < -0.39 is 0 Å². The largest absolute Gasteiger partial charge is 0.496 e. The quantitative estimate of drug-likeness (QED) is 0.841. The van der Waals surface area contributed by atoms with Gasteiger partial charge in [-0.1, -0.05) is 13.0 Å². The van der Waals surface area contributed by atoms with Crippen molar-refractivity contribution in [3.8, 4) is 5.75 Å². The van der Waals surface area contributed by atoms with Gasteiger partial charge >= 0.3 is 0 Å². The van der Waals surface area contributed by atoms with Crippen LogP contribution in [0.15, 0.2) is 18.2 Å². The Bertz CT molecular complexity index is 375. The first-order valence-electron chi connectivity index (χ1n) is 6.72. The maximum absolute atomic E-state index is 6.12. The third-order valence-corrected chi connectivity index (χ3v) is 3.12. The van der Waals surface area contributed by atoms with Gasteiger partial charge in [-0.05, 0) is 39.3 Å². The Kier molecular flexibility index (Phi) is 5.48. The van der Waals surface area contributed by atoms with Crippen LogP contribution >= 0.6 is 0 Å². The molecule has 0 aliphatic carbocycles. The fraction of sp³-hybridized carbons (Fsp3) is 0.600. The smallest absolute Gasteiger partial charge is 0.125 e. The highest BCUT2D eigenvalue weighted by Gasteiger charge is 2.19. The van der Waals surface area contributed by atoms with E-state index in [-0.39, 0.29) is 6.04 Å². The van der Waals surface area contributed by atoms with E-state index in [1.54, 1.807) is 7.11 Å². The standard InChI is InChI=1S/C15H26N2O/c1-6-10-17(11(2)3)13-8-7-9-14(18-5)15(13)12(4)16/h7-9,11-12H,6,10,16H2,1-5H3/t12-/m0/s1. The van der Waals surface area contributed by atoms with Crippen molar-refractivity contribution in [1.82, 2.24) is 0 Å². The van der Waals surface area contributed by atoms with Gasteiger partial charge in [0, 0.05) is 29.9 Å². The molecule has 102 valence electrons. The third-order valence-electron chi connectivity index (χ3n) is 3.12. The van der Waals surface area contributed by atoms with Crippen molar-refractivity contribution < 1.29 is 4.74 Å². The van der Waals surface area contributed by atoms with Gasteiger partial charge in [-0.25, -0.2) is 0 Å². The molecule has 0 aromatic heterocycles. The number of hydrogen-bond acceptors (Lipinski definition) is 3. The number of anilines is 1. The van der Waals surface area contributed by atoms with Gasteiger partial charge in [0.05, 0.1) is 7.11 Å². The first-order chi connectivity index (χ1) is 8.52. The number of methoxy groups -OCH3 is 1. The number of nitrogens with two attached hydrogens (primary N) is 1. The van der Waals surface area contributed by atoms with Gasteiger partial charge in [0.15, 0.2) is 0 Å². The minimum Gasteiger partial charge on any atom is -0.496 e. The molecule has 0 spiro atoms. The summed E-state index contributed by atoms with van der Waals surface area (Å²) in [6.45, 7) is 9.65. The second-order valence-corrected chi connectivity index (χ2v) is 4.97. The van der Waals surface area contributed by atoms with Gasteiger partial charge in [-0.2, -0.15) is 0 Å². The molecule has 18 heavy (non-hydrogen) atoms. The molecule has 1 aromatic rings. The molecule has 0 heterocycles. The molecule has 0 aliphatic rings. The molecule has 0 aliphatic heterocycles. The van der Waals surface area contributed by atoms with E-state index in [0.29, 0.717) is 6.04 Å². The summed E-state index contributed by atoms with van der Waals surface area (Å²) >= 11 is 0. The summed E-state index contributed by atoms with van der Waals surface area (Å²) in [4.78, 5) is 2.39. The van der Waals surface area contributed by atoms with Crippen molar-refractivity contribution in [2.24, 2.45) is 5.73 Å². The average Bonchev–Trinajstić information content (AvgIpc) is 2.34. The first-order valence-corrected chi connectivity index (χ1v) is 6.72. The normalized spacial score (nSPS) is 12.6. The fourth-order valence-corrected chi connectivity index (χ4v) is 2.32. The third kappa shape index (κ3) is 3.16. The zero-order valence-electron chi connectivity index (χ0n) is 12.2. The molecule has 0 bridgehead atoms. The Balaban J connectivity index is 3.28. The predicted molar refractivity (Wildman–Crippen MR) is 78.4 cm³/mol. The molecule has 0 radical (unpaired) electrons. The van der Waals surface area contributed by atoms with Crippen LogP contribution < -0.4 is 15.4 Å². The van der Waals surface area contributed by atoms with Gasteiger partial charge in [-0.15, -0.1) is 0 Å². The highest BCUT2D eigenvalue weighted by atomic mass is 16.5. The van der Waals surface area contributed by atoms with Gasteiger partial charge in [0.2, 0.25) is 0 Å². The zero-order chi connectivity index (χ0) is 13.7. The molecule has 0 saturated carbocycles. The van der Waals surface area contributed by atoms with Crippen LogP contribution in [0.4, 0.5) is 5.69 Å². The van der Waals surface area contributed by atoms with Crippen molar-refractivity contribution in [3.05, 3.63) is 23.8 Å². The second kappa shape index (κ2) is 6.64. The number of benzene rings is 1. The van der Waals surface area contributed by atoms with Crippen LogP contribution in [-0.2, 0) is 0 Å². The lowest BCUT2D eigenvalue weighted by Crippen LogP contribution is -2.33. The van der Waals surface area contributed by atoms with Crippen molar-refractivity contribution in [3.63, 3.8) is 0 Å². The Morgan fingerprint density at radius 2 is 1.94 bits per heavy atom. The van der Waals surface area contributed by atoms with Gasteiger partial charge in [0.25, 0.3) is 0 Å². The van der Waals surface area contributed by atoms with Crippen molar-refractivity contribution >= 4 is 5.69 Å². The molecule has 2 N–H and O–H groups in total. The predicted octanol–water partition coefficient (Wildman–Crippen LogP) is 3.34. The first kappa shape index (κ1) is 14.8. The lowest BCUT2D eigenvalue weighted by molar-refractivity contribution is 0.406. The number of ether oxygens (including phenoxy) is 1. The Morgan fingerprint density at radius 3 is 2.39 bits per heavy atom. The lowest BCUT2D eigenvalue weighted by atomic mass is 10.0. The second-order valence-electron chi connectivity index (χ2n) is 4.97. The van der Waals surface area contributed by atoms with Crippen molar-refractivity contribution in [2.75, 3.05) is 18.6 Å².